The van der Waals surface area contributed by atoms with Crippen molar-refractivity contribution in [2.24, 2.45) is 0 Å². The molecule has 1 heterocycles. The van der Waals surface area contributed by atoms with Crippen LogP contribution in [0.5, 0.6) is 5.75 Å². The maximum Gasteiger partial charge on any atom is 0.419 e. The molecule has 3 rings (SSSR count). The fourth-order valence-electron chi connectivity index (χ4n) is 2.76. The quantitative estimate of drug-likeness (QED) is 0.562. The second-order valence-electron chi connectivity index (χ2n) is 6.42. The summed E-state index contributed by atoms with van der Waals surface area (Å²) in [5, 5.41) is 12.2. The number of aromatic nitrogens is 2. The number of benzene rings is 2. The second kappa shape index (κ2) is 7.97. The number of amides is 1. The van der Waals surface area contributed by atoms with Crippen molar-refractivity contribution in [2.45, 2.75) is 19.6 Å². The number of halogens is 4. The van der Waals surface area contributed by atoms with E-state index in [0.717, 1.165) is 11.6 Å². The zero-order chi connectivity index (χ0) is 22.1. The number of H-pyrrole nitrogens is 1. The Labute approximate surface area is 167 Å². The van der Waals surface area contributed by atoms with Gasteiger partial charge in [-0.2, -0.15) is 13.2 Å². The third-order valence-corrected chi connectivity index (χ3v) is 4.30. The van der Waals surface area contributed by atoms with Crippen molar-refractivity contribution in [3.63, 3.8) is 0 Å². The summed E-state index contributed by atoms with van der Waals surface area (Å²) in [5.74, 6) is -3.30. The molecule has 2 aromatic carbocycles. The van der Waals surface area contributed by atoms with E-state index >= 15 is 0 Å². The van der Waals surface area contributed by atoms with E-state index in [0.29, 0.717) is 17.7 Å². The number of hydrogen-bond acceptors (Lipinski definition) is 4. The van der Waals surface area contributed by atoms with Crippen molar-refractivity contribution in [1.29, 1.82) is 0 Å². The van der Waals surface area contributed by atoms with Gasteiger partial charge in [0.2, 0.25) is 5.75 Å². The maximum atomic E-state index is 13.4. The molecule has 156 valence electrons. The molecule has 0 fully saturated rings. The number of alkyl halides is 3. The van der Waals surface area contributed by atoms with Crippen molar-refractivity contribution in [2.75, 3.05) is 0 Å². The van der Waals surface area contributed by atoms with Crippen molar-refractivity contribution in [3.8, 4) is 17.1 Å². The summed E-state index contributed by atoms with van der Waals surface area (Å²) in [5.41, 5.74) is -1.75. The molecule has 10 heteroatoms. The average Bonchev–Trinajstić information content (AvgIpc) is 2.68. The van der Waals surface area contributed by atoms with Gasteiger partial charge in [0.25, 0.3) is 11.5 Å². The smallest absolute Gasteiger partial charge is 0.419 e. The van der Waals surface area contributed by atoms with E-state index in [9.17, 15) is 32.3 Å². The summed E-state index contributed by atoms with van der Waals surface area (Å²) in [4.78, 5) is 30.8. The number of hydrogen-bond donors (Lipinski definition) is 3. The van der Waals surface area contributed by atoms with Gasteiger partial charge < -0.3 is 15.4 Å². The lowest BCUT2D eigenvalue weighted by molar-refractivity contribution is -0.140. The van der Waals surface area contributed by atoms with Crippen LogP contribution in [-0.2, 0) is 12.7 Å². The third kappa shape index (κ3) is 4.32. The first-order valence-electron chi connectivity index (χ1n) is 8.61. The van der Waals surface area contributed by atoms with Gasteiger partial charge >= 0.3 is 6.18 Å². The monoisotopic (exact) mass is 421 g/mol. The van der Waals surface area contributed by atoms with Crippen LogP contribution in [0.1, 0.15) is 27.2 Å². The lowest BCUT2D eigenvalue weighted by Gasteiger charge is -2.11. The number of carbonyl (C=O) groups excluding carboxylic acids is 1. The molecule has 1 aromatic heterocycles. The molecular formula is C20H15F4N3O3. The Kier molecular flexibility index (Phi) is 5.59. The minimum atomic E-state index is -4.89. The van der Waals surface area contributed by atoms with E-state index in [2.05, 4.69) is 15.3 Å². The highest BCUT2D eigenvalue weighted by Gasteiger charge is 2.34. The minimum absolute atomic E-state index is 0.0273. The molecule has 1 amide bonds. The SMILES string of the molecule is Cc1ccccc1-c1nc(C(=O)NCc2ccc(F)c(C(F)(F)F)c2)c(O)c(=O)[nH]1. The van der Waals surface area contributed by atoms with E-state index in [4.69, 9.17) is 0 Å². The van der Waals surface area contributed by atoms with Gasteiger partial charge in [0.05, 0.1) is 5.56 Å². The Morgan fingerprint density at radius 3 is 2.57 bits per heavy atom. The Bertz CT molecular complexity index is 1170. The van der Waals surface area contributed by atoms with Crippen LogP contribution in [0.2, 0.25) is 0 Å². The predicted octanol–water partition coefficient (Wildman–Crippen LogP) is 3.54. The molecule has 30 heavy (non-hydrogen) atoms. The van der Waals surface area contributed by atoms with Gasteiger partial charge in [0.1, 0.15) is 11.6 Å². The molecule has 3 aromatic rings. The van der Waals surface area contributed by atoms with Crippen LogP contribution in [0, 0.1) is 12.7 Å². The van der Waals surface area contributed by atoms with Crippen molar-refractivity contribution < 1.29 is 27.5 Å². The second-order valence-corrected chi connectivity index (χ2v) is 6.42. The molecule has 0 unspecified atom stereocenters. The summed E-state index contributed by atoms with van der Waals surface area (Å²) in [7, 11) is 0. The number of aryl methyl sites for hydroxylation is 1. The molecule has 0 aliphatic rings. The summed E-state index contributed by atoms with van der Waals surface area (Å²) in [6.07, 6.45) is -4.89. The number of nitrogens with one attached hydrogen (secondary N) is 2. The van der Waals surface area contributed by atoms with Gasteiger partial charge in [-0.3, -0.25) is 9.59 Å². The fourth-order valence-corrected chi connectivity index (χ4v) is 2.76. The number of carbonyl (C=O) groups is 1. The number of aromatic hydroxyl groups is 1. The third-order valence-electron chi connectivity index (χ3n) is 4.30. The van der Waals surface area contributed by atoms with Crippen LogP contribution < -0.4 is 10.9 Å². The molecule has 0 aliphatic carbocycles. The first kappa shape index (κ1) is 21.0. The normalized spacial score (nSPS) is 11.4. The predicted molar refractivity (Wildman–Crippen MR) is 99.3 cm³/mol. The van der Waals surface area contributed by atoms with Crippen molar-refractivity contribution in [1.82, 2.24) is 15.3 Å². The van der Waals surface area contributed by atoms with E-state index in [1.807, 2.05) is 0 Å². The largest absolute Gasteiger partial charge is 0.501 e. The molecule has 6 nitrogen and oxygen atoms in total. The van der Waals surface area contributed by atoms with E-state index in [1.165, 1.54) is 0 Å². The van der Waals surface area contributed by atoms with Gasteiger partial charge in [0, 0.05) is 12.1 Å². The average molecular weight is 421 g/mol. The van der Waals surface area contributed by atoms with Gasteiger partial charge in [-0.15, -0.1) is 0 Å². The van der Waals surface area contributed by atoms with Crippen molar-refractivity contribution in [3.05, 3.63) is 81.0 Å². The number of nitrogens with zero attached hydrogens (tertiary/aromatic N) is 1. The van der Waals surface area contributed by atoms with Crippen molar-refractivity contribution >= 4 is 5.91 Å². The van der Waals surface area contributed by atoms with Gasteiger partial charge in [-0.1, -0.05) is 30.3 Å². The van der Waals surface area contributed by atoms with Gasteiger partial charge in [0.15, 0.2) is 5.69 Å². The fraction of sp³-hybridized carbons (Fsp3) is 0.150. The summed E-state index contributed by atoms with van der Waals surface area (Å²) in [6, 6.07) is 9.17. The van der Waals surface area contributed by atoms with Gasteiger partial charge in [-0.25, -0.2) is 9.37 Å². The molecule has 0 aliphatic heterocycles. The Balaban J connectivity index is 1.88. The molecule has 3 N–H and O–H groups in total. The Hall–Kier alpha value is -3.69. The first-order valence-corrected chi connectivity index (χ1v) is 8.61. The molecule has 0 radical (unpaired) electrons. The van der Waals surface area contributed by atoms with E-state index in [-0.39, 0.29) is 11.4 Å². The molecule has 0 saturated heterocycles. The summed E-state index contributed by atoms with van der Waals surface area (Å²) >= 11 is 0. The zero-order valence-corrected chi connectivity index (χ0v) is 15.5. The highest BCUT2D eigenvalue weighted by Crippen LogP contribution is 2.32. The summed E-state index contributed by atoms with van der Waals surface area (Å²) in [6.45, 7) is 1.35. The zero-order valence-electron chi connectivity index (χ0n) is 15.5. The molecule has 0 saturated carbocycles. The topological polar surface area (TPSA) is 95.1 Å². The Morgan fingerprint density at radius 1 is 1.20 bits per heavy atom. The lowest BCUT2D eigenvalue weighted by Crippen LogP contribution is -2.27. The summed E-state index contributed by atoms with van der Waals surface area (Å²) < 4.78 is 51.8. The first-order chi connectivity index (χ1) is 14.1. The van der Waals surface area contributed by atoms with E-state index < -0.39 is 47.0 Å². The van der Waals surface area contributed by atoms with Crippen LogP contribution in [0.3, 0.4) is 0 Å². The molecule has 0 spiro atoms. The van der Waals surface area contributed by atoms with Gasteiger partial charge in [-0.05, 0) is 30.2 Å². The minimum Gasteiger partial charge on any atom is -0.501 e. The van der Waals surface area contributed by atoms with Crippen LogP contribution in [0.4, 0.5) is 17.6 Å². The number of rotatable bonds is 4. The highest BCUT2D eigenvalue weighted by atomic mass is 19.4. The highest BCUT2D eigenvalue weighted by molar-refractivity contribution is 5.95. The van der Waals surface area contributed by atoms with Crippen LogP contribution in [0.25, 0.3) is 11.4 Å². The van der Waals surface area contributed by atoms with E-state index in [1.54, 1.807) is 31.2 Å². The van der Waals surface area contributed by atoms with Crippen LogP contribution in [-0.4, -0.2) is 21.0 Å². The van der Waals surface area contributed by atoms with Crippen LogP contribution in [0.15, 0.2) is 47.3 Å². The Morgan fingerprint density at radius 2 is 1.90 bits per heavy atom. The molecular weight excluding hydrogens is 406 g/mol. The standard InChI is InChI=1S/C20H15F4N3O3/c1-10-4-2-3-5-12(10)17-26-15(16(28)19(30)27-17)18(29)25-9-11-6-7-14(21)13(8-11)20(22,23)24/h2-8,28H,9H2,1H3,(H,25,29)(H,26,27,30). The maximum absolute atomic E-state index is 13.4. The lowest BCUT2D eigenvalue weighted by atomic mass is 10.1. The number of aromatic amines is 1. The molecule has 0 atom stereocenters. The molecule has 0 bridgehead atoms. The van der Waals surface area contributed by atoms with Crippen LogP contribution >= 0.6 is 0 Å².